The molecule has 0 spiro atoms. The fourth-order valence-electron chi connectivity index (χ4n) is 2.40. The molecule has 1 aliphatic heterocycles. The van der Waals surface area contributed by atoms with Gasteiger partial charge >= 0.3 is 0 Å². The van der Waals surface area contributed by atoms with Gasteiger partial charge in [0, 0.05) is 38.8 Å². The van der Waals surface area contributed by atoms with E-state index in [0.717, 1.165) is 45.9 Å². The fraction of sp³-hybridized carbons (Fsp3) is 0.647. The molecule has 1 atom stereocenters. The SMILES string of the molecule is CC(C)C(N)CNCc1ccc(CN2CCOCC2)cc1. The van der Waals surface area contributed by atoms with Crippen LogP contribution in [-0.4, -0.2) is 43.8 Å². The summed E-state index contributed by atoms with van der Waals surface area (Å²) in [5.74, 6) is 0.522. The number of rotatable bonds is 7. The molecule has 1 heterocycles. The highest BCUT2D eigenvalue weighted by Crippen LogP contribution is 2.09. The van der Waals surface area contributed by atoms with Crippen molar-refractivity contribution in [3.63, 3.8) is 0 Å². The third-order valence-corrected chi connectivity index (χ3v) is 4.10. The second-order valence-electron chi connectivity index (χ2n) is 6.24. The van der Waals surface area contributed by atoms with Crippen LogP contribution in [0.4, 0.5) is 0 Å². The van der Waals surface area contributed by atoms with E-state index in [-0.39, 0.29) is 6.04 Å². The third kappa shape index (κ3) is 5.75. The van der Waals surface area contributed by atoms with Gasteiger partial charge in [0.25, 0.3) is 0 Å². The molecule has 0 radical (unpaired) electrons. The van der Waals surface area contributed by atoms with Gasteiger partial charge < -0.3 is 15.8 Å². The van der Waals surface area contributed by atoms with Gasteiger partial charge in [-0.3, -0.25) is 4.90 Å². The molecule has 1 aliphatic rings. The molecule has 0 bridgehead atoms. The van der Waals surface area contributed by atoms with E-state index in [0.29, 0.717) is 5.92 Å². The molecule has 0 saturated carbocycles. The Morgan fingerprint density at radius 2 is 1.76 bits per heavy atom. The lowest BCUT2D eigenvalue weighted by Crippen LogP contribution is -2.37. The maximum absolute atomic E-state index is 6.03. The van der Waals surface area contributed by atoms with Crippen LogP contribution in [0.15, 0.2) is 24.3 Å². The van der Waals surface area contributed by atoms with Gasteiger partial charge in [-0.05, 0) is 17.0 Å². The van der Waals surface area contributed by atoms with Crippen LogP contribution < -0.4 is 11.1 Å². The van der Waals surface area contributed by atoms with Crippen LogP contribution in [0, 0.1) is 5.92 Å². The van der Waals surface area contributed by atoms with Gasteiger partial charge in [0.15, 0.2) is 0 Å². The zero-order valence-corrected chi connectivity index (χ0v) is 13.3. The van der Waals surface area contributed by atoms with Crippen molar-refractivity contribution in [2.45, 2.75) is 33.0 Å². The predicted molar refractivity (Wildman–Crippen MR) is 87.1 cm³/mol. The Bertz CT molecular complexity index is 399. The van der Waals surface area contributed by atoms with Crippen LogP contribution in [0.2, 0.25) is 0 Å². The Morgan fingerprint density at radius 3 is 2.38 bits per heavy atom. The molecule has 1 aromatic rings. The minimum Gasteiger partial charge on any atom is -0.379 e. The summed E-state index contributed by atoms with van der Waals surface area (Å²) >= 11 is 0. The summed E-state index contributed by atoms with van der Waals surface area (Å²) in [6.07, 6.45) is 0. The molecular weight excluding hydrogens is 262 g/mol. The first-order chi connectivity index (χ1) is 10.1. The van der Waals surface area contributed by atoms with Crippen molar-refractivity contribution >= 4 is 0 Å². The smallest absolute Gasteiger partial charge is 0.0594 e. The Kier molecular flexibility index (Phi) is 6.64. The second-order valence-corrected chi connectivity index (χ2v) is 6.24. The molecular formula is C17H29N3O. The van der Waals surface area contributed by atoms with Crippen molar-refractivity contribution in [1.82, 2.24) is 10.2 Å². The van der Waals surface area contributed by atoms with Gasteiger partial charge in [0.05, 0.1) is 13.2 Å². The molecule has 4 nitrogen and oxygen atoms in total. The van der Waals surface area contributed by atoms with E-state index in [1.807, 2.05) is 0 Å². The molecule has 4 heteroatoms. The number of hydrogen-bond acceptors (Lipinski definition) is 4. The van der Waals surface area contributed by atoms with E-state index in [1.54, 1.807) is 0 Å². The van der Waals surface area contributed by atoms with Crippen molar-refractivity contribution in [3.8, 4) is 0 Å². The Morgan fingerprint density at radius 1 is 1.14 bits per heavy atom. The van der Waals surface area contributed by atoms with Crippen LogP contribution in [0.1, 0.15) is 25.0 Å². The summed E-state index contributed by atoms with van der Waals surface area (Å²) in [4.78, 5) is 2.44. The topological polar surface area (TPSA) is 50.5 Å². The molecule has 0 aromatic heterocycles. The minimum atomic E-state index is 0.227. The number of nitrogens with two attached hydrogens (primary N) is 1. The highest BCUT2D eigenvalue weighted by atomic mass is 16.5. The van der Waals surface area contributed by atoms with Gasteiger partial charge in [0.1, 0.15) is 0 Å². The maximum Gasteiger partial charge on any atom is 0.0594 e. The standard InChI is InChI=1S/C17H29N3O/c1-14(2)17(18)12-19-11-15-3-5-16(6-4-15)13-20-7-9-21-10-8-20/h3-6,14,17,19H,7-13,18H2,1-2H3. The average molecular weight is 291 g/mol. The van der Waals surface area contributed by atoms with Crippen LogP contribution in [-0.2, 0) is 17.8 Å². The molecule has 1 unspecified atom stereocenters. The molecule has 2 rings (SSSR count). The first kappa shape index (κ1) is 16.4. The fourth-order valence-corrected chi connectivity index (χ4v) is 2.40. The first-order valence-electron chi connectivity index (χ1n) is 7.99. The van der Waals surface area contributed by atoms with E-state index in [4.69, 9.17) is 10.5 Å². The monoisotopic (exact) mass is 291 g/mol. The molecule has 21 heavy (non-hydrogen) atoms. The molecule has 0 aliphatic carbocycles. The number of nitrogens with zero attached hydrogens (tertiary/aromatic N) is 1. The Balaban J connectivity index is 1.73. The normalized spacial score (nSPS) is 18.1. The second kappa shape index (κ2) is 8.49. The lowest BCUT2D eigenvalue weighted by Gasteiger charge is -2.26. The molecule has 118 valence electrons. The maximum atomic E-state index is 6.03. The molecule has 1 saturated heterocycles. The Labute approximate surface area is 128 Å². The summed E-state index contributed by atoms with van der Waals surface area (Å²) < 4.78 is 5.38. The van der Waals surface area contributed by atoms with Crippen LogP contribution in [0.3, 0.4) is 0 Å². The number of morpholine rings is 1. The number of benzene rings is 1. The summed E-state index contributed by atoms with van der Waals surface area (Å²) in [5.41, 5.74) is 8.72. The van der Waals surface area contributed by atoms with Crippen molar-refractivity contribution in [3.05, 3.63) is 35.4 Å². The molecule has 1 aromatic carbocycles. The summed E-state index contributed by atoms with van der Waals surface area (Å²) in [7, 11) is 0. The average Bonchev–Trinajstić information content (AvgIpc) is 2.50. The van der Waals surface area contributed by atoms with Crippen LogP contribution in [0.25, 0.3) is 0 Å². The van der Waals surface area contributed by atoms with Crippen molar-refractivity contribution in [2.75, 3.05) is 32.8 Å². The molecule has 1 fully saturated rings. The minimum absolute atomic E-state index is 0.227. The Hall–Kier alpha value is -0.940. The van der Waals surface area contributed by atoms with Crippen molar-refractivity contribution in [2.24, 2.45) is 11.7 Å². The number of nitrogens with one attached hydrogen (secondary N) is 1. The van der Waals surface area contributed by atoms with E-state index >= 15 is 0 Å². The first-order valence-corrected chi connectivity index (χ1v) is 7.99. The van der Waals surface area contributed by atoms with Gasteiger partial charge in [-0.15, -0.1) is 0 Å². The summed E-state index contributed by atoms with van der Waals surface area (Å²) in [6.45, 7) is 10.9. The third-order valence-electron chi connectivity index (χ3n) is 4.10. The highest BCUT2D eigenvalue weighted by Gasteiger charge is 2.10. The summed E-state index contributed by atoms with van der Waals surface area (Å²) in [6, 6.07) is 9.11. The van der Waals surface area contributed by atoms with E-state index in [9.17, 15) is 0 Å². The zero-order valence-electron chi connectivity index (χ0n) is 13.3. The van der Waals surface area contributed by atoms with Gasteiger partial charge in [-0.1, -0.05) is 38.1 Å². The van der Waals surface area contributed by atoms with Crippen LogP contribution >= 0.6 is 0 Å². The highest BCUT2D eigenvalue weighted by molar-refractivity contribution is 5.22. The quantitative estimate of drug-likeness (QED) is 0.801. The number of ether oxygens (including phenoxy) is 1. The van der Waals surface area contributed by atoms with E-state index < -0.39 is 0 Å². The lowest BCUT2D eigenvalue weighted by molar-refractivity contribution is 0.0342. The van der Waals surface area contributed by atoms with E-state index in [1.165, 1.54) is 11.1 Å². The molecule has 0 amide bonds. The van der Waals surface area contributed by atoms with Gasteiger partial charge in [0.2, 0.25) is 0 Å². The largest absolute Gasteiger partial charge is 0.379 e. The zero-order chi connectivity index (χ0) is 15.1. The van der Waals surface area contributed by atoms with Gasteiger partial charge in [-0.2, -0.15) is 0 Å². The van der Waals surface area contributed by atoms with Crippen LogP contribution in [0.5, 0.6) is 0 Å². The summed E-state index contributed by atoms with van der Waals surface area (Å²) in [5, 5.41) is 3.43. The lowest BCUT2D eigenvalue weighted by atomic mass is 10.1. The van der Waals surface area contributed by atoms with E-state index in [2.05, 4.69) is 48.3 Å². The molecule has 3 N–H and O–H groups in total. The van der Waals surface area contributed by atoms with Gasteiger partial charge in [-0.25, -0.2) is 0 Å². The predicted octanol–water partition coefficient (Wildman–Crippen LogP) is 1.59. The number of hydrogen-bond donors (Lipinski definition) is 2. The van der Waals surface area contributed by atoms with Crippen molar-refractivity contribution in [1.29, 1.82) is 0 Å². The van der Waals surface area contributed by atoms with Crippen molar-refractivity contribution < 1.29 is 4.74 Å².